The van der Waals surface area contributed by atoms with Crippen molar-refractivity contribution in [2.45, 2.75) is 63.8 Å². The van der Waals surface area contributed by atoms with Gasteiger partial charge in [-0.05, 0) is 45.4 Å². The van der Waals surface area contributed by atoms with Gasteiger partial charge in [-0.15, -0.1) is 10.2 Å². The lowest BCUT2D eigenvalue weighted by molar-refractivity contribution is 0.260. The SMILES string of the molecule is Cc1nc(CN2C[C@@H]3CCC[C@]3(c3nnc(C4CC4)o3)C2)[nH]c1C. The fourth-order valence-corrected chi connectivity index (χ4v) is 4.70. The first-order valence-corrected chi connectivity index (χ1v) is 9.22. The van der Waals surface area contributed by atoms with Crippen molar-refractivity contribution in [2.24, 2.45) is 5.92 Å². The van der Waals surface area contributed by atoms with Gasteiger partial charge in [0.15, 0.2) is 0 Å². The number of hydrogen-bond donors (Lipinski definition) is 1. The van der Waals surface area contributed by atoms with E-state index >= 15 is 0 Å². The molecule has 0 aromatic carbocycles. The molecule has 24 heavy (non-hydrogen) atoms. The molecule has 2 aromatic heterocycles. The predicted octanol–water partition coefficient (Wildman–Crippen LogP) is 2.84. The highest BCUT2D eigenvalue weighted by molar-refractivity contribution is 5.18. The minimum Gasteiger partial charge on any atom is -0.424 e. The van der Waals surface area contributed by atoms with E-state index in [2.05, 4.69) is 38.9 Å². The van der Waals surface area contributed by atoms with Crippen LogP contribution in [0.1, 0.15) is 67.0 Å². The van der Waals surface area contributed by atoms with Gasteiger partial charge in [-0.25, -0.2) is 4.98 Å². The van der Waals surface area contributed by atoms with Crippen LogP contribution in [0.25, 0.3) is 0 Å². The van der Waals surface area contributed by atoms with E-state index < -0.39 is 0 Å². The Morgan fingerprint density at radius 3 is 2.88 bits per heavy atom. The van der Waals surface area contributed by atoms with Crippen molar-refractivity contribution in [3.8, 4) is 0 Å². The molecule has 1 aliphatic heterocycles. The van der Waals surface area contributed by atoms with Crippen LogP contribution in [0.4, 0.5) is 0 Å². The summed E-state index contributed by atoms with van der Waals surface area (Å²) in [4.78, 5) is 10.6. The molecule has 5 rings (SSSR count). The standard InChI is InChI=1S/C18H25N5O/c1-11-12(2)20-15(19-11)9-23-8-14-4-3-7-18(14,10-23)17-22-21-16(24-17)13-5-6-13/h13-14H,3-10H2,1-2H3,(H,19,20)/t14-,18-/m0/s1. The van der Waals surface area contributed by atoms with Gasteiger partial charge in [0.25, 0.3) is 0 Å². The van der Waals surface area contributed by atoms with E-state index in [1.54, 1.807) is 0 Å². The summed E-state index contributed by atoms with van der Waals surface area (Å²) < 4.78 is 6.15. The van der Waals surface area contributed by atoms with E-state index in [1.807, 2.05) is 0 Å². The highest BCUT2D eigenvalue weighted by Crippen LogP contribution is 2.51. The van der Waals surface area contributed by atoms with Crippen LogP contribution in [0.3, 0.4) is 0 Å². The van der Waals surface area contributed by atoms with Gasteiger partial charge in [0.05, 0.1) is 17.7 Å². The number of rotatable bonds is 4. The molecule has 6 heteroatoms. The van der Waals surface area contributed by atoms with Crippen LogP contribution in [-0.4, -0.2) is 38.2 Å². The minimum absolute atomic E-state index is 0.0802. The average molecular weight is 327 g/mol. The molecule has 0 radical (unpaired) electrons. The molecule has 1 saturated heterocycles. The zero-order chi connectivity index (χ0) is 16.3. The molecular weight excluding hydrogens is 302 g/mol. The molecule has 0 spiro atoms. The monoisotopic (exact) mass is 327 g/mol. The third-order valence-corrected chi connectivity index (χ3v) is 6.28. The number of hydrogen-bond acceptors (Lipinski definition) is 5. The summed E-state index contributed by atoms with van der Waals surface area (Å²) >= 11 is 0. The first-order valence-electron chi connectivity index (χ1n) is 9.22. The summed E-state index contributed by atoms with van der Waals surface area (Å²) in [6.07, 6.45) is 6.14. The molecule has 3 aliphatic rings. The van der Waals surface area contributed by atoms with E-state index in [1.165, 1.54) is 37.8 Å². The maximum absolute atomic E-state index is 6.15. The number of nitrogens with one attached hydrogen (secondary N) is 1. The lowest BCUT2D eigenvalue weighted by Crippen LogP contribution is -2.32. The zero-order valence-electron chi connectivity index (χ0n) is 14.5. The molecule has 2 atom stereocenters. The number of fused-ring (bicyclic) bond motifs is 1. The van der Waals surface area contributed by atoms with Crippen molar-refractivity contribution in [1.29, 1.82) is 0 Å². The van der Waals surface area contributed by atoms with Gasteiger partial charge in [0.2, 0.25) is 11.8 Å². The third kappa shape index (κ3) is 2.23. The Labute approximate surface area is 142 Å². The fraction of sp³-hybridized carbons (Fsp3) is 0.722. The molecule has 2 aliphatic carbocycles. The Balaban J connectivity index is 1.38. The highest BCUT2D eigenvalue weighted by atomic mass is 16.4. The normalized spacial score (nSPS) is 30.2. The van der Waals surface area contributed by atoms with E-state index in [-0.39, 0.29) is 5.41 Å². The Kier molecular flexibility index (Phi) is 3.14. The molecule has 1 N–H and O–H groups in total. The number of aromatic nitrogens is 4. The summed E-state index contributed by atoms with van der Waals surface area (Å²) in [5.74, 6) is 4.03. The van der Waals surface area contributed by atoms with Gasteiger partial charge in [-0.1, -0.05) is 6.42 Å². The molecule has 128 valence electrons. The number of H-pyrrole nitrogens is 1. The predicted molar refractivity (Wildman–Crippen MR) is 88.6 cm³/mol. The summed E-state index contributed by atoms with van der Waals surface area (Å²) in [6, 6.07) is 0. The number of likely N-dealkylation sites (tertiary alicyclic amines) is 1. The van der Waals surface area contributed by atoms with E-state index in [0.29, 0.717) is 11.8 Å². The lowest BCUT2D eigenvalue weighted by atomic mass is 9.80. The first-order chi connectivity index (χ1) is 11.6. The van der Waals surface area contributed by atoms with Crippen molar-refractivity contribution in [1.82, 2.24) is 25.1 Å². The van der Waals surface area contributed by atoms with E-state index in [4.69, 9.17) is 4.42 Å². The van der Waals surface area contributed by atoms with Crippen LogP contribution < -0.4 is 0 Å². The van der Waals surface area contributed by atoms with E-state index in [9.17, 15) is 0 Å². The molecule has 3 fully saturated rings. The second-order valence-electron chi connectivity index (χ2n) is 8.03. The minimum atomic E-state index is 0.0802. The van der Waals surface area contributed by atoms with Gasteiger partial charge in [0, 0.05) is 24.7 Å². The van der Waals surface area contributed by atoms with Crippen LogP contribution in [0.5, 0.6) is 0 Å². The molecule has 0 unspecified atom stereocenters. The smallest absolute Gasteiger partial charge is 0.224 e. The lowest BCUT2D eigenvalue weighted by Gasteiger charge is -2.24. The fourth-order valence-electron chi connectivity index (χ4n) is 4.70. The summed E-state index contributed by atoms with van der Waals surface area (Å²) in [6.45, 7) is 7.16. The zero-order valence-corrected chi connectivity index (χ0v) is 14.5. The number of aryl methyl sites for hydroxylation is 2. The van der Waals surface area contributed by atoms with Crippen molar-refractivity contribution < 1.29 is 4.42 Å². The van der Waals surface area contributed by atoms with Crippen molar-refractivity contribution in [3.05, 3.63) is 29.0 Å². The number of nitrogens with zero attached hydrogens (tertiary/aromatic N) is 4. The summed E-state index contributed by atoms with van der Waals surface area (Å²) in [5, 5.41) is 8.83. The van der Waals surface area contributed by atoms with Gasteiger partial charge in [-0.2, -0.15) is 0 Å². The number of imidazole rings is 1. The van der Waals surface area contributed by atoms with Crippen LogP contribution in [0, 0.1) is 19.8 Å². The third-order valence-electron chi connectivity index (χ3n) is 6.28. The Morgan fingerprint density at radius 1 is 1.25 bits per heavy atom. The highest BCUT2D eigenvalue weighted by Gasteiger charge is 2.54. The second kappa shape index (κ2) is 5.15. The molecule has 6 nitrogen and oxygen atoms in total. The van der Waals surface area contributed by atoms with Gasteiger partial charge < -0.3 is 9.40 Å². The molecule has 2 saturated carbocycles. The summed E-state index contributed by atoms with van der Waals surface area (Å²) in [5.41, 5.74) is 2.35. The topological polar surface area (TPSA) is 70.8 Å². The van der Waals surface area contributed by atoms with Crippen molar-refractivity contribution >= 4 is 0 Å². The molecule has 3 heterocycles. The summed E-state index contributed by atoms with van der Waals surface area (Å²) in [7, 11) is 0. The van der Waals surface area contributed by atoms with Crippen LogP contribution >= 0.6 is 0 Å². The molecule has 0 bridgehead atoms. The van der Waals surface area contributed by atoms with Crippen LogP contribution in [0.15, 0.2) is 4.42 Å². The van der Waals surface area contributed by atoms with Crippen LogP contribution in [-0.2, 0) is 12.0 Å². The molecule has 0 amide bonds. The quantitative estimate of drug-likeness (QED) is 0.935. The van der Waals surface area contributed by atoms with Crippen molar-refractivity contribution in [2.75, 3.05) is 13.1 Å². The maximum atomic E-state index is 6.15. The number of aromatic amines is 1. The Bertz CT molecular complexity index is 742. The van der Waals surface area contributed by atoms with Gasteiger partial charge in [0.1, 0.15) is 5.82 Å². The van der Waals surface area contributed by atoms with E-state index in [0.717, 1.165) is 42.9 Å². The van der Waals surface area contributed by atoms with Crippen molar-refractivity contribution in [3.63, 3.8) is 0 Å². The average Bonchev–Trinajstić information content (AvgIpc) is 2.88. The van der Waals surface area contributed by atoms with Gasteiger partial charge >= 0.3 is 0 Å². The first kappa shape index (κ1) is 14.6. The van der Waals surface area contributed by atoms with Crippen LogP contribution in [0.2, 0.25) is 0 Å². The Morgan fingerprint density at radius 2 is 2.12 bits per heavy atom. The maximum Gasteiger partial charge on any atom is 0.224 e. The second-order valence-corrected chi connectivity index (χ2v) is 8.03. The molecule has 2 aromatic rings. The molecular formula is C18H25N5O. The Hall–Kier alpha value is -1.69. The largest absolute Gasteiger partial charge is 0.424 e. The van der Waals surface area contributed by atoms with Gasteiger partial charge in [-0.3, -0.25) is 4.90 Å².